The molecule has 2 saturated heterocycles. The number of carbonyl (C=O) groups is 1. The standard InChI is InChI=1S/C33H42N4O8/c1-22-28(19-44-17-23-10-6-4-7-11-23)37-25(15-29(22)45-18-24-12-8-5-9-13-24)14-26(34-32(37)40)31(39)27-16-30(38)36(21-43-3)33(41)35(27)20-42-2/h4-13,16,22,25-26,28-29,31,39H,14-15,17-21H2,1-3H3,(H,34,40)/t22-,25+,26-,28-,29+,31+/m1/s1. The van der Waals surface area contributed by atoms with E-state index in [9.17, 15) is 19.5 Å². The monoisotopic (exact) mass is 622 g/mol. The van der Waals surface area contributed by atoms with Gasteiger partial charge in [-0.15, -0.1) is 0 Å². The predicted octanol–water partition coefficient (Wildman–Crippen LogP) is 2.61. The first-order valence-electron chi connectivity index (χ1n) is 15.2. The van der Waals surface area contributed by atoms with Crippen LogP contribution in [0.15, 0.2) is 76.3 Å². The van der Waals surface area contributed by atoms with E-state index in [0.29, 0.717) is 32.7 Å². The van der Waals surface area contributed by atoms with E-state index in [2.05, 4.69) is 12.2 Å². The number of fused-ring (bicyclic) bond motifs is 1. The number of methoxy groups -OCH3 is 2. The molecule has 2 amide bonds. The van der Waals surface area contributed by atoms with Crippen molar-refractivity contribution in [3.05, 3.63) is 104 Å². The molecule has 3 aromatic rings. The molecule has 0 saturated carbocycles. The van der Waals surface area contributed by atoms with Gasteiger partial charge in [0.15, 0.2) is 0 Å². The van der Waals surface area contributed by atoms with Crippen molar-refractivity contribution in [3.63, 3.8) is 0 Å². The van der Waals surface area contributed by atoms with E-state index in [0.717, 1.165) is 15.7 Å². The smallest absolute Gasteiger partial charge is 0.335 e. The van der Waals surface area contributed by atoms with Gasteiger partial charge in [0.05, 0.1) is 43.7 Å². The number of hydrogen-bond donors (Lipinski definition) is 2. The number of aliphatic hydroxyl groups excluding tert-OH is 1. The van der Waals surface area contributed by atoms with Crippen LogP contribution in [0.1, 0.15) is 42.7 Å². The third-order valence-corrected chi connectivity index (χ3v) is 8.74. The highest BCUT2D eigenvalue weighted by atomic mass is 16.5. The van der Waals surface area contributed by atoms with Crippen LogP contribution in [0.25, 0.3) is 0 Å². The van der Waals surface area contributed by atoms with Crippen LogP contribution in [-0.4, -0.2) is 70.2 Å². The highest BCUT2D eigenvalue weighted by molar-refractivity contribution is 5.76. The maximum atomic E-state index is 13.8. The lowest BCUT2D eigenvalue weighted by atomic mass is 9.80. The van der Waals surface area contributed by atoms with Gasteiger partial charge in [0.2, 0.25) is 0 Å². The molecule has 0 unspecified atom stereocenters. The molecular weight excluding hydrogens is 580 g/mol. The number of amides is 2. The van der Waals surface area contributed by atoms with Crippen molar-refractivity contribution in [2.75, 3.05) is 20.8 Å². The third kappa shape index (κ3) is 7.37. The fourth-order valence-electron chi connectivity index (χ4n) is 6.38. The van der Waals surface area contributed by atoms with Gasteiger partial charge in [-0.05, 0) is 24.0 Å². The average Bonchev–Trinajstić information content (AvgIpc) is 3.05. The number of ether oxygens (including phenoxy) is 4. The van der Waals surface area contributed by atoms with E-state index >= 15 is 0 Å². The van der Waals surface area contributed by atoms with Crippen molar-refractivity contribution < 1.29 is 28.8 Å². The van der Waals surface area contributed by atoms with E-state index in [4.69, 9.17) is 18.9 Å². The second-order valence-corrected chi connectivity index (χ2v) is 11.7. The minimum absolute atomic E-state index is 0.0341. The van der Waals surface area contributed by atoms with Gasteiger partial charge in [0.25, 0.3) is 5.56 Å². The number of piperidine rings is 1. The Balaban J connectivity index is 1.39. The molecule has 1 aromatic heterocycles. The summed E-state index contributed by atoms with van der Waals surface area (Å²) in [5.41, 5.74) is 0.846. The lowest BCUT2D eigenvalue weighted by Gasteiger charge is -2.52. The summed E-state index contributed by atoms with van der Waals surface area (Å²) < 4.78 is 24.9. The molecule has 2 aliphatic rings. The van der Waals surface area contributed by atoms with Gasteiger partial charge in [-0.1, -0.05) is 67.6 Å². The quantitative estimate of drug-likeness (QED) is 0.297. The van der Waals surface area contributed by atoms with Crippen molar-refractivity contribution in [1.82, 2.24) is 19.4 Å². The molecule has 0 radical (unpaired) electrons. The second kappa shape index (κ2) is 15.0. The number of rotatable bonds is 13. The van der Waals surface area contributed by atoms with Crippen LogP contribution in [-0.2, 0) is 45.6 Å². The van der Waals surface area contributed by atoms with Crippen molar-refractivity contribution in [2.45, 2.75) is 76.8 Å². The minimum Gasteiger partial charge on any atom is -0.385 e. The van der Waals surface area contributed by atoms with Crippen LogP contribution in [0.4, 0.5) is 4.79 Å². The van der Waals surface area contributed by atoms with Gasteiger partial charge < -0.3 is 34.3 Å². The first kappa shape index (κ1) is 32.6. The topological polar surface area (TPSA) is 133 Å². The molecule has 0 aliphatic carbocycles. The molecule has 2 N–H and O–H groups in total. The minimum atomic E-state index is -1.35. The van der Waals surface area contributed by atoms with Gasteiger partial charge in [0.1, 0.15) is 19.6 Å². The molecule has 6 atom stereocenters. The van der Waals surface area contributed by atoms with E-state index < -0.39 is 23.4 Å². The molecule has 12 heteroatoms. The molecule has 3 heterocycles. The number of hydrogen-bond acceptors (Lipinski definition) is 8. The highest BCUT2D eigenvalue weighted by Gasteiger charge is 2.48. The van der Waals surface area contributed by atoms with Gasteiger partial charge in [-0.25, -0.2) is 14.2 Å². The summed E-state index contributed by atoms with van der Waals surface area (Å²) in [5.74, 6) is -0.0341. The summed E-state index contributed by atoms with van der Waals surface area (Å²) in [7, 11) is 2.79. The molecule has 12 nitrogen and oxygen atoms in total. The van der Waals surface area contributed by atoms with Crippen LogP contribution in [0.2, 0.25) is 0 Å². The number of benzene rings is 2. The zero-order chi connectivity index (χ0) is 31.9. The van der Waals surface area contributed by atoms with Crippen LogP contribution < -0.4 is 16.6 Å². The zero-order valence-corrected chi connectivity index (χ0v) is 25.9. The Labute approximate surface area is 262 Å². The molecule has 2 aromatic carbocycles. The Hall–Kier alpha value is -3.81. The molecule has 45 heavy (non-hydrogen) atoms. The number of urea groups is 1. The van der Waals surface area contributed by atoms with Crippen molar-refractivity contribution in [3.8, 4) is 0 Å². The molecular formula is C33H42N4O8. The summed E-state index contributed by atoms with van der Waals surface area (Å²) in [5, 5.41) is 14.5. The SMILES string of the molecule is COCn1c([C@@H](O)[C@H]2C[C@H]3C[C@H](OCc4ccccc4)[C@H](C)[C@@H](COCc4ccccc4)N3C(=O)N2)cc(=O)n(COC)c1=O. The summed E-state index contributed by atoms with van der Waals surface area (Å²) in [6.45, 7) is 2.79. The predicted molar refractivity (Wildman–Crippen MR) is 165 cm³/mol. The molecule has 242 valence electrons. The maximum absolute atomic E-state index is 13.8. The summed E-state index contributed by atoms with van der Waals surface area (Å²) >= 11 is 0. The van der Waals surface area contributed by atoms with Crippen LogP contribution in [0.5, 0.6) is 0 Å². The van der Waals surface area contributed by atoms with Crippen LogP contribution >= 0.6 is 0 Å². The van der Waals surface area contributed by atoms with Crippen LogP contribution in [0, 0.1) is 5.92 Å². The summed E-state index contributed by atoms with van der Waals surface area (Å²) in [4.78, 5) is 41.5. The maximum Gasteiger partial charge on any atom is 0.335 e. The summed E-state index contributed by atoms with van der Waals surface area (Å²) in [6, 6.07) is 19.3. The van der Waals surface area contributed by atoms with E-state index in [1.54, 1.807) is 0 Å². The molecule has 2 aliphatic heterocycles. The van der Waals surface area contributed by atoms with Gasteiger partial charge >= 0.3 is 11.7 Å². The number of nitrogens with zero attached hydrogens (tertiary/aromatic N) is 3. The first-order chi connectivity index (χ1) is 21.8. The molecule has 0 bridgehead atoms. The Morgan fingerprint density at radius 3 is 2.16 bits per heavy atom. The van der Waals surface area contributed by atoms with Gasteiger partial charge in [-0.2, -0.15) is 0 Å². The fraction of sp³-hybridized carbons (Fsp3) is 0.485. The number of nitrogens with one attached hydrogen (secondary N) is 1. The first-order valence-corrected chi connectivity index (χ1v) is 15.2. The normalized spacial score (nSPS) is 23.8. The number of carbonyl (C=O) groups excluding carboxylic acids is 1. The Bertz CT molecular complexity index is 1530. The Kier molecular flexibility index (Phi) is 10.8. The fourth-order valence-corrected chi connectivity index (χ4v) is 6.38. The molecule has 5 rings (SSSR count). The second-order valence-electron chi connectivity index (χ2n) is 11.7. The summed E-state index contributed by atoms with van der Waals surface area (Å²) in [6.07, 6.45) is -0.604. The van der Waals surface area contributed by atoms with Crippen molar-refractivity contribution in [2.24, 2.45) is 5.92 Å². The third-order valence-electron chi connectivity index (χ3n) is 8.74. The van der Waals surface area contributed by atoms with Crippen LogP contribution in [0.3, 0.4) is 0 Å². The van der Waals surface area contributed by atoms with E-state index in [1.807, 2.05) is 65.6 Å². The average molecular weight is 623 g/mol. The lowest BCUT2D eigenvalue weighted by molar-refractivity contribution is -0.101. The molecule has 2 fully saturated rings. The number of aromatic nitrogens is 2. The van der Waals surface area contributed by atoms with E-state index in [-0.39, 0.29) is 49.3 Å². The Morgan fingerprint density at radius 1 is 0.889 bits per heavy atom. The van der Waals surface area contributed by atoms with Gasteiger partial charge in [-0.3, -0.25) is 9.36 Å². The largest absolute Gasteiger partial charge is 0.385 e. The molecule has 0 spiro atoms. The highest BCUT2D eigenvalue weighted by Crippen LogP contribution is 2.37. The van der Waals surface area contributed by atoms with E-state index in [1.165, 1.54) is 24.9 Å². The number of aliphatic hydroxyl groups is 1. The Morgan fingerprint density at radius 2 is 1.51 bits per heavy atom. The van der Waals surface area contributed by atoms with Crippen molar-refractivity contribution in [1.29, 1.82) is 0 Å². The lowest BCUT2D eigenvalue weighted by Crippen LogP contribution is -2.67. The van der Waals surface area contributed by atoms with Gasteiger partial charge in [0, 0.05) is 32.2 Å². The zero-order valence-electron chi connectivity index (χ0n) is 25.9. The van der Waals surface area contributed by atoms with Crippen molar-refractivity contribution >= 4 is 6.03 Å².